The molecule has 0 amide bonds. The Labute approximate surface area is 202 Å². The molecule has 3 heterocycles. The number of hydrogen-bond acceptors (Lipinski definition) is 5. The molecule has 0 bridgehead atoms. The first-order valence-corrected chi connectivity index (χ1v) is 12.3. The lowest BCUT2D eigenvalue weighted by molar-refractivity contribution is 0.0979. The molecule has 34 heavy (non-hydrogen) atoms. The fourth-order valence-corrected chi connectivity index (χ4v) is 5.46. The van der Waals surface area contributed by atoms with Crippen LogP contribution in [0.1, 0.15) is 49.7 Å². The second kappa shape index (κ2) is 9.87. The van der Waals surface area contributed by atoms with Crippen molar-refractivity contribution in [1.29, 1.82) is 5.26 Å². The van der Waals surface area contributed by atoms with Crippen LogP contribution in [-0.2, 0) is 6.42 Å². The van der Waals surface area contributed by atoms with Crippen LogP contribution in [0.5, 0.6) is 17.4 Å². The Morgan fingerprint density at radius 3 is 2.85 bits per heavy atom. The lowest BCUT2D eigenvalue weighted by Gasteiger charge is -2.45. The minimum absolute atomic E-state index is 0.0214. The van der Waals surface area contributed by atoms with E-state index in [1.165, 1.54) is 24.8 Å². The van der Waals surface area contributed by atoms with Crippen LogP contribution in [0.4, 0.5) is 0 Å². The molecule has 5 heteroatoms. The van der Waals surface area contributed by atoms with Crippen LogP contribution in [0.15, 0.2) is 66.4 Å². The molecular formula is C29H31N3O2. The highest BCUT2D eigenvalue weighted by molar-refractivity contribution is 5.74. The lowest BCUT2D eigenvalue weighted by atomic mass is 9.81. The second-order valence-electron chi connectivity index (χ2n) is 9.30. The summed E-state index contributed by atoms with van der Waals surface area (Å²) in [5.74, 6) is 2.29. The number of ether oxygens (including phenoxy) is 2. The number of methoxy groups -OCH3 is 1. The number of piperidine rings is 1. The topological polar surface area (TPSA) is 58.4 Å². The number of hydrogen-bond donors (Lipinski definition) is 0. The predicted molar refractivity (Wildman–Crippen MR) is 134 cm³/mol. The summed E-state index contributed by atoms with van der Waals surface area (Å²) in [6.45, 7) is 2.25. The highest BCUT2D eigenvalue weighted by Gasteiger charge is 2.35. The smallest absolute Gasteiger partial charge is 0.226 e. The molecule has 1 atom stereocenters. The Morgan fingerprint density at radius 1 is 1.21 bits per heavy atom. The van der Waals surface area contributed by atoms with E-state index in [4.69, 9.17) is 9.47 Å². The van der Waals surface area contributed by atoms with Gasteiger partial charge in [0.05, 0.1) is 13.2 Å². The van der Waals surface area contributed by atoms with Gasteiger partial charge in [0.1, 0.15) is 11.5 Å². The van der Waals surface area contributed by atoms with E-state index in [2.05, 4.69) is 40.2 Å². The van der Waals surface area contributed by atoms with E-state index in [-0.39, 0.29) is 5.54 Å². The maximum Gasteiger partial charge on any atom is 0.226 e. The highest BCUT2D eigenvalue weighted by atomic mass is 16.5. The van der Waals surface area contributed by atoms with Gasteiger partial charge in [-0.3, -0.25) is 4.90 Å². The van der Waals surface area contributed by atoms with Gasteiger partial charge in [0, 0.05) is 34.9 Å². The molecule has 1 aromatic heterocycles. The molecule has 5 rings (SSSR count). The van der Waals surface area contributed by atoms with Crippen molar-refractivity contribution in [2.24, 2.45) is 0 Å². The van der Waals surface area contributed by atoms with Crippen molar-refractivity contribution in [2.75, 3.05) is 20.2 Å². The molecule has 0 N–H and O–H groups in total. The fourth-order valence-electron chi connectivity index (χ4n) is 5.46. The zero-order valence-corrected chi connectivity index (χ0v) is 19.8. The highest BCUT2D eigenvalue weighted by Crippen LogP contribution is 2.42. The Bertz CT molecular complexity index is 1180. The number of pyridine rings is 1. The number of rotatable bonds is 5. The van der Waals surface area contributed by atoms with Crippen LogP contribution < -0.4 is 9.47 Å². The zero-order valence-electron chi connectivity index (χ0n) is 19.8. The first kappa shape index (κ1) is 22.4. The van der Waals surface area contributed by atoms with Gasteiger partial charge in [-0.2, -0.15) is 5.26 Å². The lowest BCUT2D eigenvalue weighted by Crippen LogP contribution is -2.50. The van der Waals surface area contributed by atoms with Gasteiger partial charge in [-0.05, 0) is 81.1 Å². The van der Waals surface area contributed by atoms with E-state index in [1.54, 1.807) is 13.3 Å². The average molecular weight is 454 g/mol. The van der Waals surface area contributed by atoms with E-state index >= 15 is 0 Å². The quantitative estimate of drug-likeness (QED) is 0.537. The van der Waals surface area contributed by atoms with Gasteiger partial charge in [0.15, 0.2) is 0 Å². The third kappa shape index (κ3) is 4.38. The van der Waals surface area contributed by atoms with Gasteiger partial charge in [-0.1, -0.05) is 30.7 Å². The minimum atomic E-state index is -0.0214. The predicted octanol–water partition coefficient (Wildman–Crippen LogP) is 6.24. The first-order valence-electron chi connectivity index (χ1n) is 12.3. The molecule has 3 aliphatic rings. The molecular weight excluding hydrogens is 422 g/mol. The van der Waals surface area contributed by atoms with Crippen molar-refractivity contribution < 1.29 is 9.47 Å². The molecule has 174 valence electrons. The normalized spacial score (nSPS) is 23.2. The number of fused-ring (bicyclic) bond motifs is 2. The number of allylic oxidation sites excluding steroid dienone is 4. The van der Waals surface area contributed by atoms with Gasteiger partial charge in [0.2, 0.25) is 5.88 Å². The minimum Gasteiger partial charge on any atom is -0.496 e. The van der Waals surface area contributed by atoms with Crippen molar-refractivity contribution in [3.05, 3.63) is 77.5 Å². The van der Waals surface area contributed by atoms with Crippen molar-refractivity contribution in [3.63, 3.8) is 0 Å². The maximum atomic E-state index is 9.34. The molecule has 1 unspecified atom stereocenters. The van der Waals surface area contributed by atoms with Crippen LogP contribution in [0.25, 0.3) is 5.57 Å². The molecule has 0 radical (unpaired) electrons. The number of aromatic nitrogens is 1. The molecule has 0 saturated carbocycles. The van der Waals surface area contributed by atoms with Gasteiger partial charge in [-0.25, -0.2) is 4.98 Å². The van der Waals surface area contributed by atoms with Gasteiger partial charge < -0.3 is 9.47 Å². The molecule has 1 aromatic carbocycles. The van der Waals surface area contributed by atoms with E-state index in [9.17, 15) is 5.26 Å². The van der Waals surface area contributed by atoms with Gasteiger partial charge >= 0.3 is 0 Å². The molecule has 2 aromatic rings. The summed E-state index contributed by atoms with van der Waals surface area (Å²) in [6, 6.07) is 12.3. The molecule has 1 fully saturated rings. The number of nitriles is 1. The average Bonchev–Trinajstić information content (AvgIpc) is 3.06. The van der Waals surface area contributed by atoms with E-state index in [1.807, 2.05) is 30.3 Å². The summed E-state index contributed by atoms with van der Waals surface area (Å²) < 4.78 is 11.9. The Balaban J connectivity index is 1.44. The number of benzene rings is 1. The third-order valence-electron chi connectivity index (χ3n) is 7.33. The van der Waals surface area contributed by atoms with Crippen LogP contribution in [0, 0.1) is 11.3 Å². The molecule has 5 nitrogen and oxygen atoms in total. The van der Waals surface area contributed by atoms with Crippen LogP contribution in [0.2, 0.25) is 0 Å². The molecule has 2 aliphatic heterocycles. The van der Waals surface area contributed by atoms with E-state index in [0.29, 0.717) is 5.88 Å². The Hall–Kier alpha value is -3.36. The van der Waals surface area contributed by atoms with Crippen LogP contribution >= 0.6 is 0 Å². The van der Waals surface area contributed by atoms with Gasteiger partial charge in [-0.15, -0.1) is 0 Å². The zero-order chi connectivity index (χ0) is 23.4. The standard InChI is InChI=1S/C29H31N3O2/c1-33-26-10-5-11-27-25(26)20-23(24-9-7-17-31-28(24)34-27)8-6-14-29(32-18-3-2-4-19-32)15-12-22(21-30)13-16-29/h5,7-13,15,17H,2-4,6,14,16,18-20H2,1H3. The summed E-state index contributed by atoms with van der Waals surface area (Å²) in [5.41, 5.74) is 4.06. The van der Waals surface area contributed by atoms with Crippen molar-refractivity contribution >= 4 is 5.57 Å². The largest absolute Gasteiger partial charge is 0.496 e. The summed E-state index contributed by atoms with van der Waals surface area (Å²) in [6.07, 6.45) is 17.9. The van der Waals surface area contributed by atoms with E-state index in [0.717, 1.165) is 67.0 Å². The van der Waals surface area contributed by atoms with Crippen LogP contribution in [0.3, 0.4) is 0 Å². The van der Waals surface area contributed by atoms with Crippen LogP contribution in [-0.4, -0.2) is 35.6 Å². The number of nitrogens with zero attached hydrogens (tertiary/aromatic N) is 3. The van der Waals surface area contributed by atoms with E-state index < -0.39 is 0 Å². The van der Waals surface area contributed by atoms with Crippen molar-refractivity contribution in [1.82, 2.24) is 9.88 Å². The third-order valence-corrected chi connectivity index (χ3v) is 7.33. The first-order chi connectivity index (χ1) is 16.7. The monoisotopic (exact) mass is 453 g/mol. The Kier molecular flexibility index (Phi) is 6.51. The summed E-state index contributed by atoms with van der Waals surface area (Å²) in [5, 5.41) is 9.34. The summed E-state index contributed by atoms with van der Waals surface area (Å²) in [4.78, 5) is 7.16. The van der Waals surface area contributed by atoms with Gasteiger partial charge in [0.25, 0.3) is 0 Å². The molecule has 1 saturated heterocycles. The molecule has 1 aliphatic carbocycles. The molecule has 0 spiro atoms. The summed E-state index contributed by atoms with van der Waals surface area (Å²) in [7, 11) is 1.70. The second-order valence-corrected chi connectivity index (χ2v) is 9.30. The summed E-state index contributed by atoms with van der Waals surface area (Å²) >= 11 is 0. The van der Waals surface area contributed by atoms with Crippen molar-refractivity contribution in [2.45, 2.75) is 50.5 Å². The fraction of sp³-hybridized carbons (Fsp3) is 0.379. The SMILES string of the molecule is COc1cccc2c1CC(=CCCC1(N3CCCCC3)C=CC(C#N)=CC1)c1cccnc1O2. The maximum absolute atomic E-state index is 9.34. The van der Waals surface area contributed by atoms with Crippen molar-refractivity contribution in [3.8, 4) is 23.4 Å². The number of likely N-dealkylation sites (tertiary alicyclic amines) is 1. The Morgan fingerprint density at radius 2 is 2.09 bits per heavy atom.